The van der Waals surface area contributed by atoms with Crippen molar-refractivity contribution in [3.05, 3.63) is 0 Å². The second kappa shape index (κ2) is 8.09. The molecular formula is C7H14S5. The van der Waals surface area contributed by atoms with Crippen LogP contribution in [0.4, 0.5) is 0 Å². The van der Waals surface area contributed by atoms with Crippen molar-refractivity contribution >= 4 is 56.9 Å². The van der Waals surface area contributed by atoms with Gasteiger partial charge in [-0.1, -0.05) is 28.5 Å². The van der Waals surface area contributed by atoms with Crippen molar-refractivity contribution in [2.45, 2.75) is 12.2 Å². The molecule has 0 aromatic carbocycles. The van der Waals surface area contributed by atoms with E-state index in [1.54, 1.807) is 0 Å². The molecule has 72 valence electrons. The Hall–Kier alpha value is 1.75. The van der Waals surface area contributed by atoms with Gasteiger partial charge in [0.25, 0.3) is 0 Å². The third kappa shape index (κ3) is 5.47. The van der Waals surface area contributed by atoms with Crippen molar-refractivity contribution in [1.29, 1.82) is 0 Å². The molecule has 0 bridgehead atoms. The van der Waals surface area contributed by atoms with Gasteiger partial charge in [-0.2, -0.15) is 11.8 Å². The molecule has 1 saturated heterocycles. The Bertz CT molecular complexity index is 104. The van der Waals surface area contributed by atoms with Crippen molar-refractivity contribution < 1.29 is 0 Å². The first kappa shape index (κ1) is 11.8. The zero-order valence-electron chi connectivity index (χ0n) is 7.15. The van der Waals surface area contributed by atoms with Crippen LogP contribution in [0, 0.1) is 0 Å². The van der Waals surface area contributed by atoms with E-state index in [9.17, 15) is 0 Å². The van der Waals surface area contributed by atoms with E-state index in [2.05, 4.69) is 42.2 Å². The standard InChI is InChI=1S/C7H14S5/c1-2-11-12-6-9-5-10-7-3-8-4-7/h7H,2-6H2,1H3. The molecule has 0 unspecified atom stereocenters. The molecule has 0 aliphatic carbocycles. The van der Waals surface area contributed by atoms with E-state index < -0.39 is 0 Å². The van der Waals surface area contributed by atoms with Gasteiger partial charge in [0, 0.05) is 27.6 Å². The zero-order valence-corrected chi connectivity index (χ0v) is 11.2. The average Bonchev–Trinajstić information content (AvgIpc) is 2.00. The summed E-state index contributed by atoms with van der Waals surface area (Å²) in [5.74, 6) is 4.02. The van der Waals surface area contributed by atoms with Crippen molar-refractivity contribution in [3.63, 3.8) is 0 Å². The maximum atomic E-state index is 2.21. The SMILES string of the molecule is CCSSCSCSC1CSC1. The number of rotatable bonds is 7. The summed E-state index contributed by atoms with van der Waals surface area (Å²) in [4.78, 5) is 0. The zero-order chi connectivity index (χ0) is 8.65. The highest BCUT2D eigenvalue weighted by Gasteiger charge is 2.17. The smallest absolute Gasteiger partial charge is 0.0504 e. The van der Waals surface area contributed by atoms with Gasteiger partial charge in [0.05, 0.1) is 5.08 Å². The summed E-state index contributed by atoms with van der Waals surface area (Å²) in [5, 5.41) is 3.53. The van der Waals surface area contributed by atoms with Crippen LogP contribution in [0.3, 0.4) is 0 Å². The van der Waals surface area contributed by atoms with Crippen LogP contribution in [0.15, 0.2) is 0 Å². The molecule has 0 nitrogen and oxygen atoms in total. The highest BCUT2D eigenvalue weighted by molar-refractivity contribution is 8.78. The van der Waals surface area contributed by atoms with Crippen LogP contribution in [0.5, 0.6) is 0 Å². The molecule has 0 aromatic rings. The molecule has 1 fully saturated rings. The molecule has 0 radical (unpaired) electrons. The normalized spacial score (nSPS) is 17.8. The van der Waals surface area contributed by atoms with Crippen molar-refractivity contribution in [2.75, 3.05) is 27.4 Å². The molecular weight excluding hydrogens is 244 g/mol. The highest BCUT2D eigenvalue weighted by Crippen LogP contribution is 2.33. The molecule has 12 heavy (non-hydrogen) atoms. The van der Waals surface area contributed by atoms with E-state index >= 15 is 0 Å². The largest absolute Gasteiger partial charge is 0.160 e. The van der Waals surface area contributed by atoms with E-state index in [4.69, 9.17) is 0 Å². The van der Waals surface area contributed by atoms with Crippen LogP contribution in [-0.2, 0) is 0 Å². The molecule has 1 rings (SSSR count). The predicted molar refractivity (Wildman–Crippen MR) is 71.8 cm³/mol. The van der Waals surface area contributed by atoms with Gasteiger partial charge in [-0.3, -0.25) is 0 Å². The Morgan fingerprint density at radius 3 is 2.67 bits per heavy atom. The van der Waals surface area contributed by atoms with Crippen LogP contribution in [-0.4, -0.2) is 32.7 Å². The van der Waals surface area contributed by atoms with Crippen LogP contribution in [0.25, 0.3) is 0 Å². The highest BCUT2D eigenvalue weighted by atomic mass is 33.1. The first-order chi connectivity index (χ1) is 5.93. The Balaban J connectivity index is 1.70. The third-order valence-electron chi connectivity index (χ3n) is 1.33. The van der Waals surface area contributed by atoms with E-state index in [-0.39, 0.29) is 0 Å². The van der Waals surface area contributed by atoms with E-state index in [1.807, 2.05) is 21.6 Å². The minimum atomic E-state index is 0.978. The fourth-order valence-electron chi connectivity index (χ4n) is 0.640. The summed E-state index contributed by atoms with van der Waals surface area (Å²) in [6.07, 6.45) is 0. The Kier molecular flexibility index (Phi) is 7.97. The molecule has 0 saturated carbocycles. The lowest BCUT2D eigenvalue weighted by atomic mass is 10.5. The molecule has 0 N–H and O–H groups in total. The van der Waals surface area contributed by atoms with Gasteiger partial charge in [0.2, 0.25) is 0 Å². The minimum Gasteiger partial charge on any atom is -0.160 e. The summed E-state index contributed by atoms with van der Waals surface area (Å²) in [5.41, 5.74) is 0. The van der Waals surface area contributed by atoms with Crippen molar-refractivity contribution in [2.24, 2.45) is 0 Å². The predicted octanol–water partition coefficient (Wildman–Crippen LogP) is 3.88. The van der Waals surface area contributed by atoms with Gasteiger partial charge in [-0.15, -0.1) is 23.5 Å². The van der Waals surface area contributed by atoms with Crippen LogP contribution in [0.2, 0.25) is 0 Å². The summed E-state index contributed by atoms with van der Waals surface area (Å²) >= 11 is 6.29. The first-order valence-corrected chi connectivity index (χ1v) is 9.79. The lowest BCUT2D eigenvalue weighted by molar-refractivity contribution is 1.09. The average molecular weight is 259 g/mol. The lowest BCUT2D eigenvalue weighted by Crippen LogP contribution is -2.20. The molecule has 5 heteroatoms. The second-order valence-corrected chi connectivity index (χ2v) is 9.12. The minimum absolute atomic E-state index is 0.978. The Labute approximate surface area is 95.9 Å². The van der Waals surface area contributed by atoms with Gasteiger partial charge in [-0.25, -0.2) is 0 Å². The van der Waals surface area contributed by atoms with E-state index in [0.717, 1.165) is 5.25 Å². The summed E-state index contributed by atoms with van der Waals surface area (Å²) < 4.78 is 0. The van der Waals surface area contributed by atoms with E-state index in [0.29, 0.717) is 0 Å². The molecule has 0 amide bonds. The molecule has 0 spiro atoms. The van der Waals surface area contributed by atoms with Crippen molar-refractivity contribution in [1.82, 2.24) is 0 Å². The molecule has 1 heterocycles. The van der Waals surface area contributed by atoms with Crippen LogP contribution < -0.4 is 0 Å². The summed E-state index contributed by atoms with van der Waals surface area (Å²) in [6.45, 7) is 2.21. The Morgan fingerprint density at radius 2 is 2.08 bits per heavy atom. The topological polar surface area (TPSA) is 0 Å². The van der Waals surface area contributed by atoms with Gasteiger partial charge in [-0.05, 0) is 0 Å². The van der Waals surface area contributed by atoms with Crippen LogP contribution in [0.1, 0.15) is 6.92 Å². The maximum absolute atomic E-state index is 2.21. The monoisotopic (exact) mass is 258 g/mol. The third-order valence-corrected chi connectivity index (χ3v) is 8.57. The fourth-order valence-corrected chi connectivity index (χ4v) is 6.89. The number of hydrogen-bond donors (Lipinski definition) is 0. The van der Waals surface area contributed by atoms with Crippen molar-refractivity contribution in [3.8, 4) is 0 Å². The van der Waals surface area contributed by atoms with E-state index in [1.165, 1.54) is 27.4 Å². The molecule has 0 atom stereocenters. The van der Waals surface area contributed by atoms with Gasteiger partial charge < -0.3 is 0 Å². The Morgan fingerprint density at radius 1 is 1.25 bits per heavy atom. The lowest BCUT2D eigenvalue weighted by Gasteiger charge is -2.23. The quantitative estimate of drug-likeness (QED) is 0.385. The van der Waals surface area contributed by atoms with Crippen LogP contribution >= 0.6 is 56.9 Å². The maximum Gasteiger partial charge on any atom is 0.0504 e. The second-order valence-electron chi connectivity index (χ2n) is 2.29. The first-order valence-electron chi connectivity index (χ1n) is 3.95. The number of hydrogen-bond acceptors (Lipinski definition) is 5. The molecule has 1 aliphatic heterocycles. The summed E-state index contributed by atoms with van der Waals surface area (Å²) in [7, 11) is 3.96. The summed E-state index contributed by atoms with van der Waals surface area (Å²) in [6, 6.07) is 0. The fraction of sp³-hybridized carbons (Fsp3) is 1.00. The van der Waals surface area contributed by atoms with Gasteiger partial charge >= 0.3 is 0 Å². The molecule has 0 aromatic heterocycles. The van der Waals surface area contributed by atoms with Gasteiger partial charge in [0.1, 0.15) is 0 Å². The van der Waals surface area contributed by atoms with Gasteiger partial charge in [0.15, 0.2) is 0 Å². The molecule has 1 aliphatic rings. The number of thioether (sulfide) groups is 3.